The van der Waals surface area contributed by atoms with Gasteiger partial charge in [-0.05, 0) is 24.5 Å². The first-order chi connectivity index (χ1) is 8.43. The van der Waals surface area contributed by atoms with Crippen molar-refractivity contribution in [1.82, 2.24) is 0 Å². The average molecular weight is 254 g/mol. The highest BCUT2D eigenvalue weighted by molar-refractivity contribution is 5.94. The molecule has 100 valence electrons. The summed E-state index contributed by atoms with van der Waals surface area (Å²) in [4.78, 5) is 11.8. The third kappa shape index (κ3) is 4.00. The molecule has 0 fully saturated rings. The molecule has 0 aliphatic heterocycles. The van der Waals surface area contributed by atoms with E-state index >= 15 is 0 Å². The Morgan fingerprint density at radius 3 is 2.72 bits per heavy atom. The maximum atomic E-state index is 13.2. The Morgan fingerprint density at radius 1 is 1.50 bits per heavy atom. The molecule has 0 heterocycles. The van der Waals surface area contributed by atoms with Crippen molar-refractivity contribution in [2.45, 2.75) is 26.3 Å². The number of hydrogen-bond acceptors (Lipinski definition) is 3. The number of rotatable bonds is 5. The predicted molar refractivity (Wildman–Crippen MR) is 69.0 cm³/mol. The second kappa shape index (κ2) is 6.35. The van der Waals surface area contributed by atoms with Crippen LogP contribution in [-0.4, -0.2) is 19.1 Å². The number of hydrogen-bond donors (Lipinski definition) is 2. The van der Waals surface area contributed by atoms with E-state index in [1.54, 1.807) is 0 Å². The number of amides is 1. The summed E-state index contributed by atoms with van der Waals surface area (Å²) in [6.07, 6.45) is 0.601. The second-order valence-corrected chi connectivity index (χ2v) is 4.57. The van der Waals surface area contributed by atoms with Crippen LogP contribution >= 0.6 is 0 Å². The quantitative estimate of drug-likeness (QED) is 0.846. The van der Waals surface area contributed by atoms with Gasteiger partial charge in [0.05, 0.1) is 13.2 Å². The molecule has 1 atom stereocenters. The van der Waals surface area contributed by atoms with Gasteiger partial charge in [0.25, 0.3) is 0 Å². The number of carbonyl (C=O) groups excluding carboxylic acids is 1. The van der Waals surface area contributed by atoms with Crippen LogP contribution in [0.1, 0.15) is 20.3 Å². The van der Waals surface area contributed by atoms with Gasteiger partial charge in [0.15, 0.2) is 11.6 Å². The third-order valence-corrected chi connectivity index (χ3v) is 2.48. The molecule has 1 aromatic rings. The van der Waals surface area contributed by atoms with E-state index in [1.165, 1.54) is 25.3 Å². The van der Waals surface area contributed by atoms with Gasteiger partial charge in [0.1, 0.15) is 0 Å². The van der Waals surface area contributed by atoms with Crippen LogP contribution in [0.15, 0.2) is 18.2 Å². The fraction of sp³-hybridized carbons (Fsp3) is 0.462. The molecule has 0 saturated heterocycles. The maximum Gasteiger partial charge on any atom is 0.241 e. The fourth-order valence-corrected chi connectivity index (χ4v) is 1.59. The van der Waals surface area contributed by atoms with Crippen LogP contribution in [-0.2, 0) is 4.79 Å². The monoisotopic (exact) mass is 254 g/mol. The van der Waals surface area contributed by atoms with Crippen molar-refractivity contribution >= 4 is 11.6 Å². The van der Waals surface area contributed by atoms with Crippen molar-refractivity contribution < 1.29 is 13.9 Å². The number of nitrogens with one attached hydrogen (secondary N) is 1. The summed E-state index contributed by atoms with van der Waals surface area (Å²) >= 11 is 0. The van der Waals surface area contributed by atoms with Crippen molar-refractivity contribution in [1.29, 1.82) is 0 Å². The molecule has 4 nitrogen and oxygen atoms in total. The zero-order valence-electron chi connectivity index (χ0n) is 10.9. The van der Waals surface area contributed by atoms with Gasteiger partial charge in [-0.1, -0.05) is 13.8 Å². The molecule has 18 heavy (non-hydrogen) atoms. The molecule has 1 rings (SSSR count). The van der Waals surface area contributed by atoms with Crippen molar-refractivity contribution in [2.75, 3.05) is 12.4 Å². The van der Waals surface area contributed by atoms with Crippen molar-refractivity contribution in [3.63, 3.8) is 0 Å². The van der Waals surface area contributed by atoms with Gasteiger partial charge in [-0.15, -0.1) is 0 Å². The second-order valence-electron chi connectivity index (χ2n) is 4.57. The first-order valence-electron chi connectivity index (χ1n) is 5.84. The molecular weight excluding hydrogens is 235 g/mol. The molecule has 1 amide bonds. The van der Waals surface area contributed by atoms with E-state index in [2.05, 4.69) is 5.32 Å². The predicted octanol–water partition coefficient (Wildman–Crippen LogP) is 2.15. The largest absolute Gasteiger partial charge is 0.494 e. The lowest BCUT2D eigenvalue weighted by molar-refractivity contribution is -0.117. The molecule has 5 heteroatoms. The van der Waals surface area contributed by atoms with Crippen LogP contribution in [0.5, 0.6) is 5.75 Å². The number of ether oxygens (including phenoxy) is 1. The van der Waals surface area contributed by atoms with Crippen LogP contribution in [0.25, 0.3) is 0 Å². The molecule has 0 spiro atoms. The van der Waals surface area contributed by atoms with E-state index in [0.717, 1.165) is 0 Å². The zero-order valence-corrected chi connectivity index (χ0v) is 10.9. The standard InChI is InChI=1S/C13H19FN2O2/c1-8(2)6-11(15)13(17)16-9-4-5-10(14)12(7-9)18-3/h4-5,7-8,11H,6,15H2,1-3H3,(H,16,17)/t11-/m0/s1. The summed E-state index contributed by atoms with van der Waals surface area (Å²) in [5.74, 6) is -0.321. The van der Waals surface area contributed by atoms with E-state index < -0.39 is 11.9 Å². The van der Waals surface area contributed by atoms with Crippen LogP contribution in [0, 0.1) is 11.7 Å². The number of benzene rings is 1. The molecule has 0 unspecified atom stereocenters. The summed E-state index contributed by atoms with van der Waals surface area (Å²) in [7, 11) is 1.37. The van der Waals surface area contributed by atoms with Crippen LogP contribution in [0.4, 0.5) is 10.1 Å². The van der Waals surface area contributed by atoms with Crippen molar-refractivity contribution in [3.8, 4) is 5.75 Å². The summed E-state index contributed by atoms with van der Waals surface area (Å²) in [5.41, 5.74) is 6.22. The number of anilines is 1. The molecule has 0 aliphatic rings. The van der Waals surface area contributed by atoms with Gasteiger partial charge < -0.3 is 15.8 Å². The summed E-state index contributed by atoms with van der Waals surface area (Å²) in [6, 6.07) is 3.57. The molecule has 0 bridgehead atoms. The molecule has 0 radical (unpaired) electrons. The number of carbonyl (C=O) groups is 1. The number of nitrogens with two attached hydrogens (primary N) is 1. The minimum Gasteiger partial charge on any atom is -0.494 e. The van der Waals surface area contributed by atoms with E-state index in [0.29, 0.717) is 18.0 Å². The Bertz CT molecular complexity index is 421. The van der Waals surface area contributed by atoms with Gasteiger partial charge in [-0.25, -0.2) is 4.39 Å². The van der Waals surface area contributed by atoms with Gasteiger partial charge >= 0.3 is 0 Å². The van der Waals surface area contributed by atoms with Crippen LogP contribution in [0.3, 0.4) is 0 Å². The normalized spacial score (nSPS) is 12.3. The smallest absolute Gasteiger partial charge is 0.241 e. The average Bonchev–Trinajstić information content (AvgIpc) is 2.30. The highest BCUT2D eigenvalue weighted by atomic mass is 19.1. The zero-order chi connectivity index (χ0) is 13.7. The van der Waals surface area contributed by atoms with E-state index in [-0.39, 0.29) is 11.7 Å². The van der Waals surface area contributed by atoms with Gasteiger partial charge in [0.2, 0.25) is 5.91 Å². The Morgan fingerprint density at radius 2 is 2.17 bits per heavy atom. The van der Waals surface area contributed by atoms with E-state index in [4.69, 9.17) is 10.5 Å². The molecule has 0 aliphatic carbocycles. The highest BCUT2D eigenvalue weighted by Crippen LogP contribution is 2.21. The minimum atomic E-state index is -0.568. The number of methoxy groups -OCH3 is 1. The lowest BCUT2D eigenvalue weighted by Crippen LogP contribution is -2.36. The van der Waals surface area contributed by atoms with E-state index in [1.807, 2.05) is 13.8 Å². The SMILES string of the molecule is COc1cc(NC(=O)[C@@H](N)CC(C)C)ccc1F. The first-order valence-corrected chi connectivity index (χ1v) is 5.84. The number of halogens is 1. The third-order valence-electron chi connectivity index (χ3n) is 2.48. The fourth-order valence-electron chi connectivity index (χ4n) is 1.59. The maximum absolute atomic E-state index is 13.2. The van der Waals surface area contributed by atoms with Crippen molar-refractivity contribution in [2.24, 2.45) is 11.7 Å². The van der Waals surface area contributed by atoms with Gasteiger partial charge in [-0.2, -0.15) is 0 Å². The van der Waals surface area contributed by atoms with Crippen LogP contribution in [0.2, 0.25) is 0 Å². The first kappa shape index (κ1) is 14.4. The Balaban J connectivity index is 2.70. The molecular formula is C13H19FN2O2. The van der Waals surface area contributed by atoms with Crippen LogP contribution < -0.4 is 15.8 Å². The summed E-state index contributed by atoms with van der Waals surface area (Å²) < 4.78 is 18.0. The minimum absolute atomic E-state index is 0.0882. The van der Waals surface area contributed by atoms with Crippen molar-refractivity contribution in [3.05, 3.63) is 24.0 Å². The topological polar surface area (TPSA) is 64.3 Å². The molecule has 0 saturated carbocycles. The summed E-state index contributed by atoms with van der Waals surface area (Å²) in [5, 5.41) is 2.64. The Hall–Kier alpha value is -1.62. The lowest BCUT2D eigenvalue weighted by Gasteiger charge is -2.14. The molecule has 0 aromatic heterocycles. The van der Waals surface area contributed by atoms with E-state index in [9.17, 15) is 9.18 Å². The Labute approximate surface area is 106 Å². The highest BCUT2D eigenvalue weighted by Gasteiger charge is 2.15. The molecule has 3 N–H and O–H groups in total. The summed E-state index contributed by atoms with van der Waals surface area (Å²) in [6.45, 7) is 3.99. The molecule has 1 aromatic carbocycles. The lowest BCUT2D eigenvalue weighted by atomic mass is 10.0. The van der Waals surface area contributed by atoms with Gasteiger partial charge in [0, 0.05) is 11.8 Å². The Kier molecular flexibility index (Phi) is 5.09. The van der Waals surface area contributed by atoms with Gasteiger partial charge in [-0.3, -0.25) is 4.79 Å².